The summed E-state index contributed by atoms with van der Waals surface area (Å²) in [6.07, 6.45) is 0. The van der Waals surface area contributed by atoms with Gasteiger partial charge in [0.05, 0.1) is 0 Å². The molecule has 0 unspecified atom stereocenters. The number of anilines is 3. The van der Waals surface area contributed by atoms with E-state index in [-0.39, 0.29) is 5.91 Å². The van der Waals surface area contributed by atoms with Crippen molar-refractivity contribution in [2.45, 2.75) is 13.8 Å². The third-order valence-electron chi connectivity index (χ3n) is 3.50. The maximum Gasteiger partial charge on any atom is 0.223 e. The quantitative estimate of drug-likeness (QED) is 0.806. The van der Waals surface area contributed by atoms with Crippen LogP contribution >= 0.6 is 23.8 Å². The highest BCUT2D eigenvalue weighted by Crippen LogP contribution is 2.23. The van der Waals surface area contributed by atoms with Crippen LogP contribution in [0.2, 0.25) is 5.02 Å². The summed E-state index contributed by atoms with van der Waals surface area (Å²) >= 11 is 11.4. The number of halogens is 1. The number of nitrogens with one attached hydrogen (secondary N) is 2. The standard InChI is InChI=1S/C17H18ClN3OS/c1-11-15(18)5-4-6-16(11)20-17(23)19-13-7-9-14(10-8-13)21(3)12(2)22/h4-10H,1-3H3,(H2,19,20,23). The SMILES string of the molecule is CC(=O)N(C)c1ccc(NC(=S)Nc2cccc(Cl)c2C)cc1. The molecular formula is C17H18ClN3OS. The van der Waals surface area contributed by atoms with Crippen molar-refractivity contribution in [3.8, 4) is 0 Å². The van der Waals surface area contributed by atoms with E-state index in [2.05, 4.69) is 10.6 Å². The van der Waals surface area contributed by atoms with E-state index in [1.807, 2.05) is 49.4 Å². The van der Waals surface area contributed by atoms with Crippen molar-refractivity contribution >= 4 is 51.9 Å². The fourth-order valence-electron chi connectivity index (χ4n) is 1.98. The fraction of sp³-hybridized carbons (Fsp3) is 0.176. The average molecular weight is 348 g/mol. The number of hydrogen-bond donors (Lipinski definition) is 2. The minimum absolute atomic E-state index is 0.0145. The van der Waals surface area contributed by atoms with Gasteiger partial charge in [-0.25, -0.2) is 0 Å². The van der Waals surface area contributed by atoms with E-state index in [1.165, 1.54) is 6.92 Å². The van der Waals surface area contributed by atoms with Crippen molar-refractivity contribution in [2.75, 3.05) is 22.6 Å². The molecule has 0 aliphatic heterocycles. The van der Waals surface area contributed by atoms with Crippen LogP contribution in [-0.4, -0.2) is 18.1 Å². The van der Waals surface area contributed by atoms with E-state index in [0.717, 1.165) is 22.6 Å². The topological polar surface area (TPSA) is 44.4 Å². The van der Waals surface area contributed by atoms with E-state index >= 15 is 0 Å². The van der Waals surface area contributed by atoms with E-state index in [0.29, 0.717) is 10.1 Å². The van der Waals surface area contributed by atoms with Gasteiger partial charge in [-0.1, -0.05) is 17.7 Å². The summed E-state index contributed by atoms with van der Waals surface area (Å²) in [5, 5.41) is 7.40. The Kier molecular flexibility index (Phi) is 5.58. The number of thiocarbonyl (C=S) groups is 1. The number of amides is 1. The number of carbonyl (C=O) groups excluding carboxylic acids is 1. The van der Waals surface area contributed by atoms with Crippen molar-refractivity contribution < 1.29 is 4.79 Å². The van der Waals surface area contributed by atoms with Gasteiger partial charge in [-0.05, 0) is 61.1 Å². The molecule has 0 aliphatic rings. The second-order valence-electron chi connectivity index (χ2n) is 5.12. The summed E-state index contributed by atoms with van der Waals surface area (Å²) < 4.78 is 0. The molecule has 4 nitrogen and oxygen atoms in total. The minimum Gasteiger partial charge on any atom is -0.332 e. The minimum atomic E-state index is -0.0145. The molecule has 0 aromatic heterocycles. The first-order valence-corrected chi connectivity index (χ1v) is 7.84. The van der Waals surface area contributed by atoms with E-state index in [4.69, 9.17) is 23.8 Å². The highest BCUT2D eigenvalue weighted by molar-refractivity contribution is 7.80. The Balaban J connectivity index is 2.03. The Morgan fingerprint density at radius 3 is 2.39 bits per heavy atom. The van der Waals surface area contributed by atoms with Crippen molar-refractivity contribution in [3.05, 3.63) is 53.1 Å². The number of benzene rings is 2. The molecular weight excluding hydrogens is 330 g/mol. The lowest BCUT2D eigenvalue weighted by Crippen LogP contribution is -2.23. The van der Waals surface area contributed by atoms with Crippen molar-refractivity contribution in [1.82, 2.24) is 0 Å². The molecule has 0 spiro atoms. The summed E-state index contributed by atoms with van der Waals surface area (Å²) in [4.78, 5) is 12.9. The molecule has 0 atom stereocenters. The maximum absolute atomic E-state index is 11.3. The normalized spacial score (nSPS) is 10.1. The smallest absolute Gasteiger partial charge is 0.223 e. The summed E-state index contributed by atoms with van der Waals surface area (Å²) in [5.41, 5.74) is 3.47. The number of nitrogens with zero attached hydrogens (tertiary/aromatic N) is 1. The van der Waals surface area contributed by atoms with Gasteiger partial charge in [-0.15, -0.1) is 0 Å². The van der Waals surface area contributed by atoms with Crippen molar-refractivity contribution in [1.29, 1.82) is 0 Å². The molecule has 120 valence electrons. The third kappa shape index (κ3) is 4.43. The second kappa shape index (κ2) is 7.44. The lowest BCUT2D eigenvalue weighted by atomic mass is 10.2. The molecule has 2 aromatic rings. The van der Waals surface area contributed by atoms with Gasteiger partial charge < -0.3 is 15.5 Å². The van der Waals surface area contributed by atoms with Gasteiger partial charge in [0.25, 0.3) is 0 Å². The van der Waals surface area contributed by atoms with E-state index < -0.39 is 0 Å². The molecule has 0 radical (unpaired) electrons. The summed E-state index contributed by atoms with van der Waals surface area (Å²) in [6.45, 7) is 3.46. The first-order valence-electron chi connectivity index (χ1n) is 7.06. The average Bonchev–Trinajstić information content (AvgIpc) is 2.52. The number of carbonyl (C=O) groups is 1. The highest BCUT2D eigenvalue weighted by atomic mass is 35.5. The van der Waals surface area contributed by atoms with Gasteiger partial charge in [0.2, 0.25) is 5.91 Å². The monoisotopic (exact) mass is 347 g/mol. The lowest BCUT2D eigenvalue weighted by Gasteiger charge is -2.16. The van der Waals surface area contributed by atoms with Crippen molar-refractivity contribution in [2.24, 2.45) is 0 Å². The van der Waals surface area contributed by atoms with Crippen LogP contribution in [0.3, 0.4) is 0 Å². The van der Waals surface area contributed by atoms with Crippen molar-refractivity contribution in [3.63, 3.8) is 0 Å². The zero-order valence-corrected chi connectivity index (χ0v) is 14.8. The van der Waals surface area contributed by atoms with Crippen LogP contribution in [0.1, 0.15) is 12.5 Å². The van der Waals surface area contributed by atoms with Crippen LogP contribution in [0.4, 0.5) is 17.1 Å². The second-order valence-corrected chi connectivity index (χ2v) is 5.93. The largest absolute Gasteiger partial charge is 0.332 e. The predicted molar refractivity (Wildman–Crippen MR) is 102 cm³/mol. The zero-order chi connectivity index (χ0) is 17.0. The van der Waals surface area contributed by atoms with Crippen LogP contribution in [0, 0.1) is 6.92 Å². The Bertz CT molecular complexity index is 731. The summed E-state index contributed by atoms with van der Waals surface area (Å²) in [6, 6.07) is 13.1. The van der Waals surface area contributed by atoms with Crippen LogP contribution in [0.5, 0.6) is 0 Å². The van der Waals surface area contributed by atoms with Gasteiger partial charge in [-0.3, -0.25) is 4.79 Å². The van der Waals surface area contributed by atoms with Gasteiger partial charge in [0.15, 0.2) is 5.11 Å². The van der Waals surface area contributed by atoms with Crippen LogP contribution in [0.25, 0.3) is 0 Å². The Labute approximate surface area is 146 Å². The Morgan fingerprint density at radius 2 is 1.78 bits per heavy atom. The van der Waals surface area contributed by atoms with Crippen LogP contribution < -0.4 is 15.5 Å². The van der Waals surface area contributed by atoms with E-state index in [9.17, 15) is 4.79 Å². The molecule has 2 aromatic carbocycles. The predicted octanol–water partition coefficient (Wildman–Crippen LogP) is 4.44. The van der Waals surface area contributed by atoms with Gasteiger partial charge >= 0.3 is 0 Å². The molecule has 2 rings (SSSR count). The lowest BCUT2D eigenvalue weighted by molar-refractivity contribution is -0.116. The summed E-state index contributed by atoms with van der Waals surface area (Å²) in [7, 11) is 1.73. The maximum atomic E-state index is 11.3. The molecule has 23 heavy (non-hydrogen) atoms. The zero-order valence-electron chi connectivity index (χ0n) is 13.2. The van der Waals surface area contributed by atoms with Crippen LogP contribution in [0.15, 0.2) is 42.5 Å². The first-order chi connectivity index (χ1) is 10.9. The van der Waals surface area contributed by atoms with Crippen LogP contribution in [-0.2, 0) is 4.79 Å². The van der Waals surface area contributed by atoms with Gasteiger partial charge in [0.1, 0.15) is 0 Å². The number of rotatable bonds is 3. The van der Waals surface area contributed by atoms with Gasteiger partial charge in [0, 0.05) is 36.1 Å². The number of hydrogen-bond acceptors (Lipinski definition) is 2. The summed E-state index contributed by atoms with van der Waals surface area (Å²) in [5.74, 6) is -0.0145. The Hall–Kier alpha value is -2.11. The fourth-order valence-corrected chi connectivity index (χ4v) is 2.38. The third-order valence-corrected chi connectivity index (χ3v) is 4.11. The molecule has 0 saturated heterocycles. The first kappa shape index (κ1) is 17.2. The molecule has 0 bridgehead atoms. The molecule has 0 aliphatic carbocycles. The van der Waals surface area contributed by atoms with E-state index in [1.54, 1.807) is 11.9 Å². The highest BCUT2D eigenvalue weighted by Gasteiger charge is 2.07. The molecule has 0 saturated carbocycles. The molecule has 6 heteroatoms. The molecule has 0 fully saturated rings. The molecule has 0 heterocycles. The molecule has 2 N–H and O–H groups in total. The molecule has 1 amide bonds. The Morgan fingerprint density at radius 1 is 1.13 bits per heavy atom. The van der Waals surface area contributed by atoms with Gasteiger partial charge in [-0.2, -0.15) is 0 Å².